The molecule has 6 nitrogen and oxygen atoms in total. The van der Waals surface area contributed by atoms with Gasteiger partial charge in [0.1, 0.15) is 0 Å². The third-order valence-corrected chi connectivity index (χ3v) is 7.15. The van der Waals surface area contributed by atoms with Gasteiger partial charge in [-0.15, -0.1) is 10.2 Å². The van der Waals surface area contributed by atoms with Crippen molar-refractivity contribution in [3.63, 3.8) is 0 Å². The summed E-state index contributed by atoms with van der Waals surface area (Å²) < 4.78 is 2.09. The number of amides is 1. The number of aromatic nitrogens is 4. The maximum absolute atomic E-state index is 13.1. The average Bonchev–Trinajstić information content (AvgIpc) is 3.43. The molecule has 3 heterocycles. The molecule has 32 heavy (non-hydrogen) atoms. The fourth-order valence-corrected chi connectivity index (χ4v) is 5.33. The SMILES string of the molecule is Cc1ccccc1-n1c(SC(C)C(=O)N2CCCCC2)nnc1-c1c[nH]c2ccccc12. The van der Waals surface area contributed by atoms with Gasteiger partial charge in [-0.25, -0.2) is 0 Å². The second-order valence-corrected chi connectivity index (χ2v) is 9.63. The molecule has 2 aromatic carbocycles. The van der Waals surface area contributed by atoms with E-state index >= 15 is 0 Å². The fraction of sp³-hybridized carbons (Fsp3) is 0.320. The first kappa shape index (κ1) is 20.8. The number of nitrogens with one attached hydrogen (secondary N) is 1. The third kappa shape index (κ3) is 3.81. The first-order valence-electron chi connectivity index (χ1n) is 11.2. The Morgan fingerprint density at radius 1 is 1.03 bits per heavy atom. The summed E-state index contributed by atoms with van der Waals surface area (Å²) >= 11 is 1.49. The Kier molecular flexibility index (Phi) is 5.74. The molecular formula is C25H27N5OS. The minimum Gasteiger partial charge on any atom is -0.360 e. The van der Waals surface area contributed by atoms with Crippen LogP contribution in [0, 0.1) is 6.92 Å². The van der Waals surface area contributed by atoms with Crippen molar-refractivity contribution in [3.8, 4) is 17.1 Å². The lowest BCUT2D eigenvalue weighted by Crippen LogP contribution is -2.40. The van der Waals surface area contributed by atoms with Crippen LogP contribution in [0.25, 0.3) is 28.0 Å². The van der Waals surface area contributed by atoms with Crippen LogP contribution in [-0.2, 0) is 4.79 Å². The normalized spacial score (nSPS) is 15.2. The Labute approximate surface area is 192 Å². The molecule has 2 aromatic heterocycles. The van der Waals surface area contributed by atoms with Crippen LogP contribution in [0.15, 0.2) is 59.9 Å². The maximum Gasteiger partial charge on any atom is 0.235 e. The van der Waals surface area contributed by atoms with Gasteiger partial charge in [0, 0.05) is 35.8 Å². The summed E-state index contributed by atoms with van der Waals surface area (Å²) in [7, 11) is 0. The van der Waals surface area contributed by atoms with Crippen molar-refractivity contribution < 1.29 is 4.79 Å². The van der Waals surface area contributed by atoms with Crippen molar-refractivity contribution >= 4 is 28.6 Å². The fourth-order valence-electron chi connectivity index (χ4n) is 4.39. The number of hydrogen-bond donors (Lipinski definition) is 1. The van der Waals surface area contributed by atoms with Crippen molar-refractivity contribution in [3.05, 3.63) is 60.3 Å². The van der Waals surface area contributed by atoms with Crippen LogP contribution in [0.5, 0.6) is 0 Å². The summed E-state index contributed by atoms with van der Waals surface area (Å²) in [6, 6.07) is 16.4. The van der Waals surface area contributed by atoms with E-state index in [9.17, 15) is 4.79 Å². The number of para-hydroxylation sites is 2. The van der Waals surface area contributed by atoms with Crippen LogP contribution in [0.3, 0.4) is 0 Å². The Hall–Kier alpha value is -3.06. The van der Waals surface area contributed by atoms with Gasteiger partial charge in [0.2, 0.25) is 5.91 Å². The van der Waals surface area contributed by atoms with Gasteiger partial charge in [-0.05, 0) is 50.8 Å². The number of nitrogens with zero attached hydrogens (tertiary/aromatic N) is 4. The molecule has 1 amide bonds. The molecule has 1 aliphatic rings. The van der Waals surface area contributed by atoms with E-state index in [0.29, 0.717) is 0 Å². The monoisotopic (exact) mass is 445 g/mol. The zero-order valence-electron chi connectivity index (χ0n) is 18.4. The summed E-state index contributed by atoms with van der Waals surface area (Å²) in [6.45, 7) is 5.78. The Morgan fingerprint density at radius 3 is 2.59 bits per heavy atom. The molecule has 1 saturated heterocycles. The molecule has 5 rings (SSSR count). The van der Waals surface area contributed by atoms with E-state index in [1.165, 1.54) is 18.2 Å². The van der Waals surface area contributed by atoms with Gasteiger partial charge in [0.05, 0.1) is 10.9 Å². The molecule has 1 N–H and O–H groups in total. The Balaban J connectivity index is 1.56. The molecule has 0 radical (unpaired) electrons. The summed E-state index contributed by atoms with van der Waals surface area (Å²) in [5.74, 6) is 0.958. The van der Waals surface area contributed by atoms with Gasteiger partial charge in [-0.3, -0.25) is 9.36 Å². The van der Waals surface area contributed by atoms with Gasteiger partial charge < -0.3 is 9.88 Å². The maximum atomic E-state index is 13.1. The summed E-state index contributed by atoms with van der Waals surface area (Å²) in [5, 5.41) is 10.8. The van der Waals surface area contributed by atoms with Crippen molar-refractivity contribution in [1.29, 1.82) is 0 Å². The number of aryl methyl sites for hydroxylation is 1. The van der Waals surface area contributed by atoms with E-state index in [-0.39, 0.29) is 11.2 Å². The van der Waals surface area contributed by atoms with Crippen LogP contribution >= 0.6 is 11.8 Å². The zero-order valence-corrected chi connectivity index (χ0v) is 19.2. The lowest BCUT2D eigenvalue weighted by molar-refractivity contribution is -0.131. The van der Waals surface area contributed by atoms with Crippen LogP contribution in [0.1, 0.15) is 31.7 Å². The highest BCUT2D eigenvalue weighted by molar-refractivity contribution is 8.00. The molecule has 1 aliphatic heterocycles. The molecule has 1 fully saturated rings. The number of H-pyrrole nitrogens is 1. The number of carbonyl (C=O) groups excluding carboxylic acids is 1. The Morgan fingerprint density at radius 2 is 1.78 bits per heavy atom. The molecule has 164 valence electrons. The van der Waals surface area contributed by atoms with Crippen molar-refractivity contribution in [2.75, 3.05) is 13.1 Å². The number of fused-ring (bicyclic) bond motifs is 1. The van der Waals surface area contributed by atoms with Gasteiger partial charge >= 0.3 is 0 Å². The Bertz CT molecular complexity index is 1250. The average molecular weight is 446 g/mol. The number of rotatable bonds is 5. The molecule has 1 atom stereocenters. The predicted molar refractivity (Wildman–Crippen MR) is 129 cm³/mol. The van der Waals surface area contributed by atoms with Crippen molar-refractivity contribution in [2.24, 2.45) is 0 Å². The van der Waals surface area contributed by atoms with E-state index in [4.69, 9.17) is 0 Å². The number of likely N-dealkylation sites (tertiary alicyclic amines) is 1. The quantitative estimate of drug-likeness (QED) is 0.428. The number of benzene rings is 2. The molecular weight excluding hydrogens is 418 g/mol. The van der Waals surface area contributed by atoms with E-state index in [2.05, 4.69) is 50.9 Å². The number of aromatic amines is 1. The molecule has 4 aromatic rings. The highest BCUT2D eigenvalue weighted by Crippen LogP contribution is 2.34. The number of hydrogen-bond acceptors (Lipinski definition) is 4. The number of carbonyl (C=O) groups is 1. The zero-order chi connectivity index (χ0) is 22.1. The van der Waals surface area contributed by atoms with Gasteiger partial charge in [-0.2, -0.15) is 0 Å². The molecule has 1 unspecified atom stereocenters. The topological polar surface area (TPSA) is 66.8 Å². The van der Waals surface area contributed by atoms with Crippen LogP contribution in [0.2, 0.25) is 0 Å². The molecule has 0 saturated carbocycles. The standard InChI is InChI=1S/C25H27N5OS/c1-17-10-4-7-13-22(17)30-23(20-16-26-21-12-6-5-11-19(20)21)27-28-25(30)32-18(2)24(31)29-14-8-3-9-15-29/h4-7,10-13,16,18,26H,3,8-9,14-15H2,1-2H3. The van der Waals surface area contributed by atoms with Crippen molar-refractivity contribution in [2.45, 2.75) is 43.5 Å². The molecule has 0 aliphatic carbocycles. The first-order chi connectivity index (χ1) is 15.6. The molecule has 7 heteroatoms. The van der Waals surface area contributed by atoms with Gasteiger partial charge in [-0.1, -0.05) is 48.2 Å². The van der Waals surface area contributed by atoms with Gasteiger partial charge in [0.15, 0.2) is 11.0 Å². The molecule has 0 bridgehead atoms. The largest absolute Gasteiger partial charge is 0.360 e. The van der Waals surface area contributed by atoms with E-state index in [1.54, 1.807) is 0 Å². The van der Waals surface area contributed by atoms with Crippen LogP contribution < -0.4 is 0 Å². The second-order valence-electron chi connectivity index (χ2n) is 8.32. The predicted octanol–water partition coefficient (Wildman–Crippen LogP) is 5.22. The summed E-state index contributed by atoms with van der Waals surface area (Å²) in [4.78, 5) is 18.4. The van der Waals surface area contributed by atoms with E-state index < -0.39 is 0 Å². The smallest absolute Gasteiger partial charge is 0.235 e. The molecule has 0 spiro atoms. The van der Waals surface area contributed by atoms with E-state index in [1.807, 2.05) is 42.3 Å². The lowest BCUT2D eigenvalue weighted by Gasteiger charge is -2.28. The first-order valence-corrected chi connectivity index (χ1v) is 12.0. The summed E-state index contributed by atoms with van der Waals surface area (Å²) in [6.07, 6.45) is 5.38. The van der Waals surface area contributed by atoms with Gasteiger partial charge in [0.25, 0.3) is 0 Å². The second kappa shape index (κ2) is 8.82. The van der Waals surface area contributed by atoms with Crippen LogP contribution in [-0.4, -0.2) is 48.9 Å². The number of piperidine rings is 1. The minimum absolute atomic E-state index is 0.183. The highest BCUT2D eigenvalue weighted by Gasteiger charge is 2.27. The lowest BCUT2D eigenvalue weighted by atomic mass is 10.1. The minimum atomic E-state index is -0.226. The summed E-state index contributed by atoms with van der Waals surface area (Å²) in [5.41, 5.74) is 4.21. The highest BCUT2D eigenvalue weighted by atomic mass is 32.2. The number of thioether (sulfide) groups is 1. The van der Waals surface area contributed by atoms with E-state index in [0.717, 1.165) is 64.6 Å². The van der Waals surface area contributed by atoms with Crippen molar-refractivity contribution in [1.82, 2.24) is 24.6 Å². The third-order valence-electron chi connectivity index (χ3n) is 6.12. The van der Waals surface area contributed by atoms with Crippen LogP contribution in [0.4, 0.5) is 0 Å².